The van der Waals surface area contributed by atoms with Gasteiger partial charge in [-0.1, -0.05) is 18.2 Å². The zero-order valence-electron chi connectivity index (χ0n) is 18.9. The van der Waals surface area contributed by atoms with Crippen LogP contribution in [0.15, 0.2) is 58.8 Å². The Hall–Kier alpha value is -4.18. The number of aromatic nitrogens is 1. The Morgan fingerprint density at radius 2 is 2.03 bits per heavy atom. The number of urea groups is 1. The van der Waals surface area contributed by atoms with E-state index in [9.17, 15) is 19.2 Å². The van der Waals surface area contributed by atoms with Crippen molar-refractivity contribution < 1.29 is 28.3 Å². The second-order valence-electron chi connectivity index (χ2n) is 8.46. The minimum atomic E-state index is -0.807. The predicted molar refractivity (Wildman–Crippen MR) is 125 cm³/mol. The van der Waals surface area contributed by atoms with E-state index in [0.717, 1.165) is 35.3 Å². The normalized spacial score (nSPS) is 19.5. The van der Waals surface area contributed by atoms with Gasteiger partial charge in [0.25, 0.3) is 11.8 Å². The van der Waals surface area contributed by atoms with Gasteiger partial charge in [0.1, 0.15) is 17.9 Å². The molecule has 10 heteroatoms. The number of hydrogen-bond acceptors (Lipinski definition) is 6. The van der Waals surface area contributed by atoms with Crippen molar-refractivity contribution >= 4 is 40.7 Å². The number of fused-ring (bicyclic) bond motifs is 1. The Bertz CT molecular complexity index is 1320. The van der Waals surface area contributed by atoms with Gasteiger partial charge in [-0.25, -0.2) is 4.79 Å². The molecule has 180 valence electrons. The summed E-state index contributed by atoms with van der Waals surface area (Å²) in [6.45, 7) is 1.15. The zero-order chi connectivity index (χ0) is 24.4. The van der Waals surface area contributed by atoms with Crippen molar-refractivity contribution in [2.24, 2.45) is 0 Å². The smallest absolute Gasteiger partial charge is 0.331 e. The number of imide groups is 2. The number of nitrogens with one attached hydrogen (secondary N) is 2. The summed E-state index contributed by atoms with van der Waals surface area (Å²) in [5, 5.41) is 5.88. The molecular formula is C25H24N4O6. The highest BCUT2D eigenvalue weighted by Crippen LogP contribution is 2.25. The van der Waals surface area contributed by atoms with E-state index in [0.29, 0.717) is 17.9 Å². The fraction of sp³-hybridized carbons (Fsp3) is 0.280. The molecular weight excluding hydrogens is 452 g/mol. The standard InChI is InChI=1S/C25H24N4O6/c30-22(26-12-17-5-3-9-34-17)15-28-13-16(19-7-1-2-8-21(19)28)11-20-23(31)27-25(33)29(24(20)32)14-18-6-4-10-35-18/h1-2,4,6-8,10-11,13,17H,3,5,9,12,14-15H2,(H,26,30)(H,27,31,33)/b20-11-. The number of carbonyl (C=O) groups is 4. The zero-order valence-corrected chi connectivity index (χ0v) is 18.9. The molecule has 1 atom stereocenters. The third-order valence-corrected chi connectivity index (χ3v) is 6.06. The topological polar surface area (TPSA) is 123 Å². The van der Waals surface area contributed by atoms with Gasteiger partial charge in [-0.3, -0.25) is 24.6 Å². The molecule has 4 heterocycles. The number of furan rings is 1. The summed E-state index contributed by atoms with van der Waals surface area (Å²) >= 11 is 0. The van der Waals surface area contributed by atoms with Gasteiger partial charge in [-0.05, 0) is 37.1 Å². The molecule has 5 amide bonds. The monoisotopic (exact) mass is 476 g/mol. The number of nitrogens with zero attached hydrogens (tertiary/aromatic N) is 2. The van der Waals surface area contributed by atoms with Crippen LogP contribution in [0.4, 0.5) is 4.79 Å². The molecule has 2 fully saturated rings. The highest BCUT2D eigenvalue weighted by Gasteiger charge is 2.36. The van der Waals surface area contributed by atoms with E-state index in [1.54, 1.807) is 22.9 Å². The number of benzene rings is 1. The maximum atomic E-state index is 13.1. The first-order chi connectivity index (χ1) is 17.0. The van der Waals surface area contributed by atoms with Gasteiger partial charge < -0.3 is 19.0 Å². The highest BCUT2D eigenvalue weighted by molar-refractivity contribution is 6.31. The van der Waals surface area contributed by atoms with Crippen LogP contribution in [0.1, 0.15) is 24.2 Å². The van der Waals surface area contributed by atoms with Crippen molar-refractivity contribution in [1.29, 1.82) is 0 Å². The van der Waals surface area contributed by atoms with Crippen LogP contribution in [0, 0.1) is 0 Å². The van der Waals surface area contributed by atoms with Crippen LogP contribution in [0.5, 0.6) is 0 Å². The molecule has 2 N–H and O–H groups in total. The van der Waals surface area contributed by atoms with E-state index in [2.05, 4.69) is 10.6 Å². The lowest BCUT2D eigenvalue weighted by Crippen LogP contribution is -2.53. The molecule has 2 aromatic heterocycles. The minimum absolute atomic E-state index is 0.0447. The van der Waals surface area contributed by atoms with E-state index < -0.39 is 17.8 Å². The number of amides is 5. The van der Waals surface area contributed by atoms with Crippen LogP contribution >= 0.6 is 0 Å². The average molecular weight is 476 g/mol. The largest absolute Gasteiger partial charge is 0.467 e. The van der Waals surface area contributed by atoms with Crippen LogP contribution in [0.3, 0.4) is 0 Å². The Balaban J connectivity index is 1.40. The molecule has 35 heavy (non-hydrogen) atoms. The molecule has 3 aromatic rings. The first kappa shape index (κ1) is 22.6. The third kappa shape index (κ3) is 4.73. The van der Waals surface area contributed by atoms with Gasteiger partial charge in [-0.2, -0.15) is 0 Å². The van der Waals surface area contributed by atoms with Crippen molar-refractivity contribution in [3.05, 3.63) is 65.8 Å². The fourth-order valence-corrected chi connectivity index (χ4v) is 4.32. The van der Waals surface area contributed by atoms with E-state index in [1.165, 1.54) is 12.3 Å². The second kappa shape index (κ2) is 9.59. The number of rotatable bonds is 7. The summed E-state index contributed by atoms with van der Waals surface area (Å²) in [5.74, 6) is -1.25. The molecule has 2 aliphatic heterocycles. The molecule has 0 aliphatic carbocycles. The molecule has 5 rings (SSSR count). The summed E-state index contributed by atoms with van der Waals surface area (Å²) < 4.78 is 12.6. The van der Waals surface area contributed by atoms with Crippen molar-refractivity contribution in [2.45, 2.75) is 32.0 Å². The van der Waals surface area contributed by atoms with E-state index in [4.69, 9.17) is 9.15 Å². The van der Waals surface area contributed by atoms with Gasteiger partial charge >= 0.3 is 6.03 Å². The van der Waals surface area contributed by atoms with Crippen molar-refractivity contribution in [1.82, 2.24) is 20.1 Å². The number of carbonyl (C=O) groups excluding carboxylic acids is 4. The summed E-state index contributed by atoms with van der Waals surface area (Å²) in [5.41, 5.74) is 1.18. The molecule has 0 spiro atoms. The average Bonchev–Trinajstić information content (AvgIpc) is 3.61. The number of para-hydroxylation sites is 1. The van der Waals surface area contributed by atoms with Crippen molar-refractivity contribution in [2.75, 3.05) is 13.2 Å². The Kier molecular flexibility index (Phi) is 6.19. The van der Waals surface area contributed by atoms with E-state index in [1.807, 2.05) is 24.3 Å². The lowest BCUT2D eigenvalue weighted by molar-refractivity contribution is -0.130. The molecule has 0 saturated carbocycles. The maximum absolute atomic E-state index is 13.1. The summed E-state index contributed by atoms with van der Waals surface area (Å²) in [7, 11) is 0. The Labute approximate surface area is 200 Å². The van der Waals surface area contributed by atoms with Crippen LogP contribution in [-0.2, 0) is 32.2 Å². The number of ether oxygens (including phenoxy) is 1. The lowest BCUT2D eigenvalue weighted by Gasteiger charge is -2.25. The molecule has 0 radical (unpaired) electrons. The fourth-order valence-electron chi connectivity index (χ4n) is 4.32. The molecule has 2 aliphatic rings. The van der Waals surface area contributed by atoms with Crippen LogP contribution < -0.4 is 10.6 Å². The number of hydrogen-bond donors (Lipinski definition) is 2. The van der Waals surface area contributed by atoms with Gasteiger partial charge in [0.2, 0.25) is 5.91 Å². The SMILES string of the molecule is O=C(Cn1cc(/C=C2/C(=O)NC(=O)N(Cc3ccco3)C2=O)c2ccccc21)NCC1CCCO1. The molecule has 1 aromatic carbocycles. The highest BCUT2D eigenvalue weighted by atomic mass is 16.5. The van der Waals surface area contributed by atoms with Crippen LogP contribution in [0.25, 0.3) is 17.0 Å². The number of barbiturate groups is 1. The van der Waals surface area contributed by atoms with E-state index >= 15 is 0 Å². The van der Waals surface area contributed by atoms with Gasteiger partial charge in [0.15, 0.2) is 0 Å². The molecule has 1 unspecified atom stereocenters. The third-order valence-electron chi connectivity index (χ3n) is 6.06. The minimum Gasteiger partial charge on any atom is -0.467 e. The molecule has 0 bridgehead atoms. The second-order valence-corrected chi connectivity index (χ2v) is 8.46. The maximum Gasteiger partial charge on any atom is 0.331 e. The van der Waals surface area contributed by atoms with Crippen LogP contribution in [0.2, 0.25) is 0 Å². The van der Waals surface area contributed by atoms with Gasteiger partial charge in [-0.15, -0.1) is 0 Å². The predicted octanol–water partition coefficient (Wildman–Crippen LogP) is 2.19. The Morgan fingerprint density at radius 1 is 1.17 bits per heavy atom. The first-order valence-electron chi connectivity index (χ1n) is 11.4. The lowest BCUT2D eigenvalue weighted by atomic mass is 10.1. The Morgan fingerprint density at radius 3 is 2.80 bits per heavy atom. The van der Waals surface area contributed by atoms with Crippen molar-refractivity contribution in [3.8, 4) is 0 Å². The summed E-state index contributed by atoms with van der Waals surface area (Å²) in [6, 6.07) is 9.87. The molecule has 2 saturated heterocycles. The first-order valence-corrected chi connectivity index (χ1v) is 11.4. The summed E-state index contributed by atoms with van der Waals surface area (Å²) in [4.78, 5) is 51.4. The van der Waals surface area contributed by atoms with E-state index in [-0.39, 0.29) is 30.7 Å². The molecule has 10 nitrogen and oxygen atoms in total. The van der Waals surface area contributed by atoms with Crippen molar-refractivity contribution in [3.63, 3.8) is 0 Å². The summed E-state index contributed by atoms with van der Waals surface area (Å²) in [6.07, 6.45) is 6.58. The quantitative estimate of drug-likeness (QED) is 0.398. The van der Waals surface area contributed by atoms with Gasteiger partial charge in [0, 0.05) is 35.8 Å². The van der Waals surface area contributed by atoms with Gasteiger partial charge in [0.05, 0.1) is 18.9 Å². The van der Waals surface area contributed by atoms with Crippen LogP contribution in [-0.4, -0.2) is 52.5 Å².